The van der Waals surface area contributed by atoms with E-state index in [2.05, 4.69) is 22.6 Å². The summed E-state index contributed by atoms with van der Waals surface area (Å²) in [5, 5.41) is 0. The van der Waals surface area contributed by atoms with Crippen molar-refractivity contribution in [1.29, 1.82) is 0 Å². The number of unbranched alkanes of at least 4 members (excludes halogenated alkanes) is 6. The molecule has 0 atom stereocenters. The Kier molecular flexibility index (Phi) is 17.0. The summed E-state index contributed by atoms with van der Waals surface area (Å²) in [7, 11) is 2.77. The van der Waals surface area contributed by atoms with Crippen molar-refractivity contribution in [2.75, 3.05) is 14.2 Å². The lowest BCUT2D eigenvalue weighted by Gasteiger charge is -2.00. The molecule has 0 aromatic carbocycles. The van der Waals surface area contributed by atoms with E-state index in [0.29, 0.717) is 12.0 Å². The highest BCUT2D eigenvalue weighted by atomic mass is 16.5. The lowest BCUT2D eigenvalue weighted by atomic mass is 10.1. The fourth-order valence-corrected chi connectivity index (χ4v) is 1.54. The number of hydrogen-bond acceptors (Lipinski definition) is 4. The Labute approximate surface area is 129 Å². The van der Waals surface area contributed by atoms with Gasteiger partial charge in [0, 0.05) is 12.0 Å². The van der Waals surface area contributed by atoms with Crippen LogP contribution in [0.1, 0.15) is 58.3 Å². The summed E-state index contributed by atoms with van der Waals surface area (Å²) < 4.78 is 8.83. The maximum atomic E-state index is 10.8. The first-order valence-corrected chi connectivity index (χ1v) is 7.41. The summed E-state index contributed by atoms with van der Waals surface area (Å²) >= 11 is 0. The van der Waals surface area contributed by atoms with E-state index in [1.807, 2.05) is 6.08 Å². The molecule has 0 N–H and O–H groups in total. The highest BCUT2D eigenvalue weighted by Crippen LogP contribution is 2.08. The second-order valence-electron chi connectivity index (χ2n) is 4.80. The zero-order valence-electron chi connectivity index (χ0n) is 13.8. The predicted molar refractivity (Wildman–Crippen MR) is 86.0 cm³/mol. The Morgan fingerprint density at radius 3 is 1.86 bits per heavy atom. The third-order valence-corrected chi connectivity index (χ3v) is 2.80. The molecule has 122 valence electrons. The number of ether oxygens (including phenoxy) is 2. The molecule has 21 heavy (non-hydrogen) atoms. The second-order valence-corrected chi connectivity index (χ2v) is 4.80. The molecule has 0 rings (SSSR count). The van der Waals surface area contributed by atoms with Gasteiger partial charge in [0.25, 0.3) is 0 Å². The molecule has 0 heterocycles. The lowest BCUT2D eigenvalue weighted by Crippen LogP contribution is -1.99. The van der Waals surface area contributed by atoms with Crippen molar-refractivity contribution < 1.29 is 19.1 Å². The smallest absolute Gasteiger partial charge is 0.332 e. The van der Waals surface area contributed by atoms with Crippen LogP contribution in [0.15, 0.2) is 24.8 Å². The molecule has 0 bridgehead atoms. The number of methoxy groups -OCH3 is 2. The summed E-state index contributed by atoms with van der Waals surface area (Å²) in [5.41, 5.74) is 0.433. The first kappa shape index (κ1) is 21.7. The van der Waals surface area contributed by atoms with E-state index in [1.165, 1.54) is 39.9 Å². The molecule has 0 aliphatic heterocycles. The van der Waals surface area contributed by atoms with Crippen LogP contribution in [0.2, 0.25) is 0 Å². The van der Waals surface area contributed by atoms with Crippen molar-refractivity contribution >= 4 is 11.9 Å². The maximum Gasteiger partial charge on any atom is 0.332 e. The van der Waals surface area contributed by atoms with Gasteiger partial charge in [0.05, 0.1) is 14.2 Å². The van der Waals surface area contributed by atoms with Crippen molar-refractivity contribution in [2.45, 2.75) is 58.3 Å². The molecule has 0 radical (unpaired) electrons. The zero-order chi connectivity index (χ0) is 16.5. The standard InChI is InChI=1S/C12H22O2.C5H8O2/c1-3-4-5-6-7-8-9-10-11-12(13)14-2;1-4(2)5(6)7-3/h3H,1,4-11H2,2H3;1H2,2-3H3. The first-order valence-electron chi connectivity index (χ1n) is 7.41. The summed E-state index contributed by atoms with van der Waals surface area (Å²) in [6.45, 7) is 8.64. The van der Waals surface area contributed by atoms with Crippen LogP contribution in [-0.4, -0.2) is 26.2 Å². The van der Waals surface area contributed by atoms with Gasteiger partial charge in [-0.05, 0) is 26.2 Å². The van der Waals surface area contributed by atoms with Gasteiger partial charge in [-0.3, -0.25) is 4.79 Å². The number of hydrogen-bond donors (Lipinski definition) is 0. The molecule has 4 heteroatoms. The van der Waals surface area contributed by atoms with E-state index in [9.17, 15) is 9.59 Å². The minimum atomic E-state index is -0.347. The van der Waals surface area contributed by atoms with Crippen molar-refractivity contribution in [2.24, 2.45) is 0 Å². The normalized spacial score (nSPS) is 9.10. The number of rotatable bonds is 10. The molecular weight excluding hydrogens is 268 g/mol. The van der Waals surface area contributed by atoms with Crippen LogP contribution in [0.25, 0.3) is 0 Å². The summed E-state index contributed by atoms with van der Waals surface area (Å²) in [4.78, 5) is 20.9. The van der Waals surface area contributed by atoms with Gasteiger partial charge in [-0.15, -0.1) is 6.58 Å². The van der Waals surface area contributed by atoms with Crippen LogP contribution in [0.3, 0.4) is 0 Å². The highest BCUT2D eigenvalue weighted by Gasteiger charge is 1.98. The Hall–Kier alpha value is -1.58. The molecular formula is C17H30O4. The summed E-state index contributed by atoms with van der Waals surface area (Å²) in [6, 6.07) is 0. The molecule has 0 fully saturated rings. The Morgan fingerprint density at radius 2 is 1.48 bits per heavy atom. The second kappa shape index (κ2) is 16.5. The molecule has 4 nitrogen and oxygen atoms in total. The van der Waals surface area contributed by atoms with Crippen LogP contribution >= 0.6 is 0 Å². The van der Waals surface area contributed by atoms with E-state index in [0.717, 1.165) is 19.3 Å². The quantitative estimate of drug-likeness (QED) is 0.262. The molecule has 0 amide bonds. The van der Waals surface area contributed by atoms with Crippen LogP contribution in [0.5, 0.6) is 0 Å². The zero-order valence-corrected chi connectivity index (χ0v) is 13.8. The lowest BCUT2D eigenvalue weighted by molar-refractivity contribution is -0.140. The minimum absolute atomic E-state index is 0.0864. The molecule has 0 aromatic rings. The topological polar surface area (TPSA) is 52.6 Å². The monoisotopic (exact) mass is 298 g/mol. The summed E-state index contributed by atoms with van der Waals surface area (Å²) in [6.07, 6.45) is 10.8. The van der Waals surface area contributed by atoms with Crippen molar-refractivity contribution in [3.8, 4) is 0 Å². The van der Waals surface area contributed by atoms with Crippen molar-refractivity contribution in [3.05, 3.63) is 24.8 Å². The number of esters is 2. The molecule has 0 saturated heterocycles. The molecule has 0 unspecified atom stereocenters. The average Bonchev–Trinajstić information content (AvgIpc) is 2.49. The number of carbonyl (C=O) groups excluding carboxylic acids is 2. The maximum absolute atomic E-state index is 10.8. The predicted octanol–water partition coefficient (Wildman–Crippen LogP) is 4.20. The van der Waals surface area contributed by atoms with Gasteiger partial charge < -0.3 is 9.47 Å². The van der Waals surface area contributed by atoms with Crippen molar-refractivity contribution in [1.82, 2.24) is 0 Å². The summed E-state index contributed by atoms with van der Waals surface area (Å²) in [5.74, 6) is -0.434. The third-order valence-electron chi connectivity index (χ3n) is 2.80. The van der Waals surface area contributed by atoms with Gasteiger partial charge in [0.1, 0.15) is 0 Å². The fraction of sp³-hybridized carbons (Fsp3) is 0.647. The van der Waals surface area contributed by atoms with Gasteiger partial charge in [-0.25, -0.2) is 4.79 Å². The number of carbonyl (C=O) groups is 2. The SMILES string of the molecule is C=C(C)C(=O)OC.C=CCCCCCCCCC(=O)OC. The van der Waals surface area contributed by atoms with Gasteiger partial charge in [-0.2, -0.15) is 0 Å². The number of allylic oxidation sites excluding steroid dienone is 1. The third kappa shape index (κ3) is 18.4. The molecule has 0 saturated carbocycles. The van der Waals surface area contributed by atoms with E-state index >= 15 is 0 Å². The Balaban J connectivity index is 0. The molecule has 0 aliphatic rings. The van der Waals surface area contributed by atoms with E-state index in [4.69, 9.17) is 0 Å². The van der Waals surface area contributed by atoms with Crippen molar-refractivity contribution in [3.63, 3.8) is 0 Å². The Bertz CT molecular complexity index is 308. The molecule has 0 aliphatic carbocycles. The fourth-order valence-electron chi connectivity index (χ4n) is 1.54. The van der Waals surface area contributed by atoms with Gasteiger partial charge in [0.15, 0.2) is 0 Å². The molecule has 0 aromatic heterocycles. The van der Waals surface area contributed by atoms with Gasteiger partial charge >= 0.3 is 11.9 Å². The largest absolute Gasteiger partial charge is 0.469 e. The van der Waals surface area contributed by atoms with Crippen LogP contribution < -0.4 is 0 Å². The van der Waals surface area contributed by atoms with Crippen LogP contribution in [0.4, 0.5) is 0 Å². The van der Waals surface area contributed by atoms with E-state index in [1.54, 1.807) is 6.92 Å². The molecule has 0 spiro atoms. The average molecular weight is 298 g/mol. The van der Waals surface area contributed by atoms with Gasteiger partial charge in [0.2, 0.25) is 0 Å². The first-order chi connectivity index (χ1) is 9.99. The van der Waals surface area contributed by atoms with Crippen LogP contribution in [0, 0.1) is 0 Å². The Morgan fingerprint density at radius 1 is 0.952 bits per heavy atom. The highest BCUT2D eigenvalue weighted by molar-refractivity contribution is 5.86. The van der Waals surface area contributed by atoms with E-state index < -0.39 is 0 Å². The van der Waals surface area contributed by atoms with Crippen LogP contribution in [-0.2, 0) is 19.1 Å². The van der Waals surface area contributed by atoms with Gasteiger partial charge in [-0.1, -0.05) is 38.3 Å². The van der Waals surface area contributed by atoms with E-state index in [-0.39, 0.29) is 11.9 Å². The minimum Gasteiger partial charge on any atom is -0.469 e.